The van der Waals surface area contributed by atoms with Crippen LogP contribution in [-0.4, -0.2) is 39.9 Å². The summed E-state index contributed by atoms with van der Waals surface area (Å²) in [5.74, 6) is 0. The summed E-state index contributed by atoms with van der Waals surface area (Å²) >= 11 is 0. The third-order valence-electron chi connectivity index (χ3n) is 3.14. The number of para-hydroxylation sites is 2. The molecule has 1 aliphatic heterocycles. The minimum atomic E-state index is -2.23. The van der Waals surface area contributed by atoms with Gasteiger partial charge in [0, 0.05) is 6.07 Å². The molecular formula is C11H13N4O7+. The maximum atomic E-state index is 12.2. The second kappa shape index (κ2) is 5.99. The number of rotatable bonds is 5. The molecule has 11 heteroatoms. The summed E-state index contributed by atoms with van der Waals surface area (Å²) in [6.45, 7) is 0.505. The molecule has 11 nitrogen and oxygen atoms in total. The van der Waals surface area contributed by atoms with Gasteiger partial charge < -0.3 is 9.47 Å². The van der Waals surface area contributed by atoms with Crippen LogP contribution in [0.2, 0.25) is 0 Å². The molecule has 0 atom stereocenters. The summed E-state index contributed by atoms with van der Waals surface area (Å²) in [7, 11) is 0. The van der Waals surface area contributed by atoms with Crippen molar-refractivity contribution in [3.8, 4) is 0 Å². The topological polar surface area (TPSA) is 137 Å². The quantitative estimate of drug-likeness (QED) is 0.369. The summed E-state index contributed by atoms with van der Waals surface area (Å²) in [5.41, 5.74) is -0.639. The first-order chi connectivity index (χ1) is 10.4. The van der Waals surface area contributed by atoms with E-state index in [9.17, 15) is 25.1 Å². The van der Waals surface area contributed by atoms with Gasteiger partial charge in [0.1, 0.15) is 4.92 Å². The van der Waals surface area contributed by atoms with Crippen molar-refractivity contribution >= 4 is 11.4 Å². The standard InChI is InChI=1S/C11H13N4O7/c1-8-21-6-11(7-22-8,15(19)20)14(18)12-9-4-2-3-5-10(9)13(16)17/h2-5,8H,6-7H2,1H3,(H,12,18)/q+1. The van der Waals surface area contributed by atoms with Gasteiger partial charge in [-0.2, -0.15) is 0 Å². The van der Waals surface area contributed by atoms with Crippen molar-refractivity contribution in [3.63, 3.8) is 0 Å². The SMILES string of the molecule is CC1OCC([N+](=O)[O-])([N+](=O)Nc2ccccc2[N+](=O)[O-])CO1. The minimum absolute atomic E-state index is 0.0821. The van der Waals surface area contributed by atoms with E-state index < -0.39 is 35.0 Å². The minimum Gasteiger partial charge on any atom is -0.337 e. The molecule has 2 rings (SSSR count). The molecule has 0 spiro atoms. The summed E-state index contributed by atoms with van der Waals surface area (Å²) < 4.78 is 10.0. The number of nitro benzene ring substituents is 1. The van der Waals surface area contributed by atoms with Crippen molar-refractivity contribution in [2.75, 3.05) is 18.6 Å². The molecule has 1 fully saturated rings. The molecule has 22 heavy (non-hydrogen) atoms. The van der Waals surface area contributed by atoms with E-state index in [1.807, 2.05) is 0 Å². The van der Waals surface area contributed by atoms with E-state index in [0.717, 1.165) is 0 Å². The molecule has 1 aromatic carbocycles. The second-order valence-corrected chi connectivity index (χ2v) is 4.61. The van der Waals surface area contributed by atoms with Gasteiger partial charge in [0.25, 0.3) is 5.69 Å². The Kier molecular flexibility index (Phi) is 4.28. The average molecular weight is 313 g/mol. The third kappa shape index (κ3) is 2.84. The Balaban J connectivity index is 2.27. The van der Waals surface area contributed by atoms with Crippen LogP contribution in [0.25, 0.3) is 0 Å². The average Bonchev–Trinajstić information content (AvgIpc) is 2.48. The van der Waals surface area contributed by atoms with Gasteiger partial charge >= 0.3 is 5.66 Å². The largest absolute Gasteiger partial charge is 0.522 e. The third-order valence-corrected chi connectivity index (χ3v) is 3.14. The number of nitro groups is 2. The van der Waals surface area contributed by atoms with Crippen molar-refractivity contribution in [2.45, 2.75) is 18.9 Å². The molecule has 0 aliphatic carbocycles. The van der Waals surface area contributed by atoms with E-state index in [0.29, 0.717) is 0 Å². The maximum Gasteiger partial charge on any atom is 0.522 e. The van der Waals surface area contributed by atoms with Gasteiger partial charge in [0.2, 0.25) is 4.87 Å². The van der Waals surface area contributed by atoms with Gasteiger partial charge in [-0.15, -0.1) is 5.43 Å². The molecule has 0 saturated carbocycles. The van der Waals surface area contributed by atoms with Crippen LogP contribution in [-0.2, 0) is 9.47 Å². The lowest BCUT2D eigenvalue weighted by Gasteiger charge is -2.25. The molecule has 0 bridgehead atoms. The first-order valence-electron chi connectivity index (χ1n) is 6.22. The van der Waals surface area contributed by atoms with Crippen LogP contribution in [0.15, 0.2) is 24.3 Å². The molecular weight excluding hydrogens is 300 g/mol. The molecule has 0 unspecified atom stereocenters. The fourth-order valence-corrected chi connectivity index (χ4v) is 1.83. The number of nitrogens with zero attached hydrogens (tertiary/aromatic N) is 3. The number of hydrazine groups is 1. The monoisotopic (exact) mass is 313 g/mol. The number of anilines is 1. The molecule has 0 radical (unpaired) electrons. The lowest BCUT2D eigenvalue weighted by Crippen LogP contribution is -2.60. The van der Waals surface area contributed by atoms with Crippen LogP contribution in [0.5, 0.6) is 0 Å². The van der Waals surface area contributed by atoms with Crippen LogP contribution < -0.4 is 5.43 Å². The van der Waals surface area contributed by atoms with Gasteiger partial charge in [0.15, 0.2) is 25.2 Å². The van der Waals surface area contributed by atoms with Gasteiger partial charge in [0.05, 0.1) is 9.83 Å². The van der Waals surface area contributed by atoms with Crippen molar-refractivity contribution < 1.29 is 24.2 Å². The first kappa shape index (κ1) is 15.7. The molecule has 0 aromatic heterocycles. The highest BCUT2D eigenvalue weighted by Crippen LogP contribution is 2.26. The molecule has 1 aliphatic rings. The Morgan fingerprint density at radius 1 is 1.18 bits per heavy atom. The number of hydrogen-bond acceptors (Lipinski definition) is 7. The van der Waals surface area contributed by atoms with Crippen molar-refractivity contribution in [3.05, 3.63) is 49.4 Å². The zero-order valence-corrected chi connectivity index (χ0v) is 11.5. The first-order valence-corrected chi connectivity index (χ1v) is 6.22. The van der Waals surface area contributed by atoms with E-state index in [1.165, 1.54) is 31.2 Å². The fourth-order valence-electron chi connectivity index (χ4n) is 1.83. The van der Waals surface area contributed by atoms with Crippen molar-refractivity contribution in [2.24, 2.45) is 0 Å². The van der Waals surface area contributed by atoms with Crippen LogP contribution in [0.1, 0.15) is 6.92 Å². The van der Waals surface area contributed by atoms with E-state index in [2.05, 4.69) is 5.43 Å². The lowest BCUT2D eigenvalue weighted by molar-refractivity contribution is -0.821. The molecule has 1 aromatic rings. The number of benzene rings is 1. The second-order valence-electron chi connectivity index (χ2n) is 4.61. The van der Waals surface area contributed by atoms with Crippen molar-refractivity contribution in [1.82, 2.24) is 0 Å². The van der Waals surface area contributed by atoms with Crippen LogP contribution >= 0.6 is 0 Å². The van der Waals surface area contributed by atoms with Crippen LogP contribution in [0.3, 0.4) is 0 Å². The van der Waals surface area contributed by atoms with E-state index in [4.69, 9.17) is 9.47 Å². The summed E-state index contributed by atoms with van der Waals surface area (Å²) in [6.07, 6.45) is -0.674. The normalized spacial score (nSPS) is 24.5. The molecule has 1 N–H and O–H groups in total. The number of hydrogen-bond donors (Lipinski definition) is 1. The van der Waals surface area contributed by atoms with Gasteiger partial charge in [-0.25, -0.2) is 0 Å². The maximum absolute atomic E-state index is 12.2. The van der Waals surface area contributed by atoms with E-state index >= 15 is 0 Å². The summed E-state index contributed by atoms with van der Waals surface area (Å²) in [5, 5.41) is 22.2. The molecule has 0 amide bonds. The van der Waals surface area contributed by atoms with Gasteiger partial charge in [-0.05, 0) is 13.0 Å². The highest BCUT2D eigenvalue weighted by Gasteiger charge is 2.63. The molecule has 118 valence electrons. The number of nitrogens with one attached hydrogen (secondary N) is 1. The predicted molar refractivity (Wildman–Crippen MR) is 71.4 cm³/mol. The summed E-state index contributed by atoms with van der Waals surface area (Å²) in [4.78, 5) is 32.7. The van der Waals surface area contributed by atoms with Crippen LogP contribution in [0, 0.1) is 25.1 Å². The van der Waals surface area contributed by atoms with E-state index in [1.54, 1.807) is 0 Å². The highest BCUT2D eigenvalue weighted by molar-refractivity contribution is 5.59. The van der Waals surface area contributed by atoms with Crippen LogP contribution in [0.4, 0.5) is 11.4 Å². The Morgan fingerprint density at radius 3 is 2.32 bits per heavy atom. The highest BCUT2D eigenvalue weighted by atomic mass is 16.7. The zero-order chi connectivity index (χ0) is 16.3. The zero-order valence-electron chi connectivity index (χ0n) is 11.5. The molecule has 1 heterocycles. The predicted octanol–water partition coefficient (Wildman–Crippen LogP) is 1.07. The number of ether oxygens (including phenoxy) is 2. The Labute approximate surface area is 123 Å². The van der Waals surface area contributed by atoms with Gasteiger partial charge in [-0.3, -0.25) is 20.2 Å². The Hall–Kier alpha value is -2.66. The molecule has 1 saturated heterocycles. The Bertz CT molecular complexity index is 612. The smallest absolute Gasteiger partial charge is 0.337 e. The number of nitroso groups, excluding NO2 is 1. The summed E-state index contributed by atoms with van der Waals surface area (Å²) in [6, 6.07) is 5.31. The van der Waals surface area contributed by atoms with E-state index in [-0.39, 0.29) is 16.2 Å². The lowest BCUT2D eigenvalue weighted by atomic mass is 10.2. The Morgan fingerprint density at radius 2 is 1.77 bits per heavy atom. The van der Waals surface area contributed by atoms with Crippen molar-refractivity contribution in [1.29, 1.82) is 0 Å². The van der Waals surface area contributed by atoms with Gasteiger partial charge in [-0.1, -0.05) is 12.1 Å². The fraction of sp³-hybridized carbons (Fsp3) is 0.455.